The van der Waals surface area contributed by atoms with Crippen molar-refractivity contribution in [2.45, 2.75) is 13.8 Å². The highest BCUT2D eigenvalue weighted by Crippen LogP contribution is 2.13. The van der Waals surface area contributed by atoms with Gasteiger partial charge in [0.25, 0.3) is 11.5 Å². The average molecular weight is 169 g/mol. The van der Waals surface area contributed by atoms with Gasteiger partial charge in [0.05, 0.1) is 14.1 Å². The molecule has 1 rings (SSSR count). The fraction of sp³-hybridized carbons (Fsp3) is 0.500. The highest BCUT2D eigenvalue weighted by atomic mass is 16.3. The van der Waals surface area contributed by atoms with Gasteiger partial charge in [-0.2, -0.15) is 4.57 Å². The van der Waals surface area contributed by atoms with Gasteiger partial charge < -0.3 is 5.11 Å². The van der Waals surface area contributed by atoms with E-state index >= 15 is 0 Å². The third kappa shape index (κ3) is 0.995. The molecule has 0 spiro atoms. The number of carbonyl (C=O) groups excluding carboxylic acids is 1. The highest BCUT2D eigenvalue weighted by Gasteiger charge is 2.26. The van der Waals surface area contributed by atoms with Gasteiger partial charge in [-0.1, -0.05) is 0 Å². The Kier molecular flexibility index (Phi) is 1.92. The first-order chi connectivity index (χ1) is 5.46. The molecule has 1 aromatic rings. The maximum atomic E-state index is 11.1. The summed E-state index contributed by atoms with van der Waals surface area (Å²) in [5, 5.41) is 9.49. The van der Waals surface area contributed by atoms with Gasteiger partial charge in [-0.25, -0.2) is 4.57 Å². The summed E-state index contributed by atoms with van der Waals surface area (Å²) in [5.41, 5.74) is 0.356. The largest absolute Gasteiger partial charge is 0.475 e. The van der Waals surface area contributed by atoms with Gasteiger partial charge in [-0.15, -0.1) is 0 Å². The van der Waals surface area contributed by atoms with Crippen molar-refractivity contribution in [1.29, 1.82) is 0 Å². The minimum atomic E-state index is -0.126. The number of aromatic nitrogens is 2. The third-order valence-corrected chi connectivity index (χ3v) is 2.17. The fourth-order valence-corrected chi connectivity index (χ4v) is 1.24. The van der Waals surface area contributed by atoms with Crippen molar-refractivity contribution in [1.82, 2.24) is 4.57 Å². The topological polar surface area (TPSA) is 46.1 Å². The quantitative estimate of drug-likeness (QED) is 0.477. The first-order valence-corrected chi connectivity index (χ1v) is 3.72. The predicted molar refractivity (Wildman–Crippen MR) is 43.0 cm³/mol. The van der Waals surface area contributed by atoms with Gasteiger partial charge in [-0.3, -0.25) is 4.79 Å². The predicted octanol–water partition coefficient (Wildman–Crippen LogP) is 0.0662. The standard InChI is InChI=1S/C8H12N2O2/c1-5(11)7-8(12)10(4)6(2)9(7)3/h1-4H3/p+1. The van der Waals surface area contributed by atoms with Crippen LogP contribution in [0.4, 0.5) is 0 Å². The Hall–Kier alpha value is -1.32. The minimum absolute atomic E-state index is 0.0301. The molecule has 0 atom stereocenters. The Labute approximate surface area is 71.1 Å². The summed E-state index contributed by atoms with van der Waals surface area (Å²) in [7, 11) is 3.48. The molecule has 0 aliphatic rings. The van der Waals surface area contributed by atoms with E-state index in [1.165, 1.54) is 6.92 Å². The van der Waals surface area contributed by atoms with E-state index < -0.39 is 0 Å². The van der Waals surface area contributed by atoms with Crippen LogP contribution in [-0.2, 0) is 14.1 Å². The third-order valence-electron chi connectivity index (χ3n) is 2.17. The zero-order valence-corrected chi connectivity index (χ0v) is 7.75. The second-order valence-corrected chi connectivity index (χ2v) is 2.89. The maximum Gasteiger partial charge on any atom is 0.333 e. The lowest BCUT2D eigenvalue weighted by Gasteiger charge is -1.88. The number of hydrogen-bond donors (Lipinski definition) is 1. The molecule has 0 saturated carbocycles. The summed E-state index contributed by atoms with van der Waals surface area (Å²) in [6, 6.07) is 0. The second-order valence-electron chi connectivity index (χ2n) is 2.89. The van der Waals surface area contributed by atoms with Crippen LogP contribution in [0.2, 0.25) is 0 Å². The average Bonchev–Trinajstić information content (AvgIpc) is 2.16. The number of Topliss-reactive ketones (excluding diaryl/α,β-unsaturated/α-hetero) is 1. The molecule has 0 radical (unpaired) electrons. The monoisotopic (exact) mass is 169 g/mol. The molecule has 0 fully saturated rings. The van der Waals surface area contributed by atoms with Crippen LogP contribution in [0.5, 0.6) is 5.88 Å². The second kappa shape index (κ2) is 2.62. The molecule has 0 aliphatic carbocycles. The number of rotatable bonds is 1. The van der Waals surface area contributed by atoms with Crippen LogP contribution in [0.1, 0.15) is 23.2 Å². The molecule has 1 heterocycles. The molecule has 4 heteroatoms. The molecule has 66 valence electrons. The number of aromatic hydroxyl groups is 1. The molecule has 1 N–H and O–H groups in total. The highest BCUT2D eigenvalue weighted by molar-refractivity contribution is 5.94. The Bertz CT molecular complexity index is 314. The van der Waals surface area contributed by atoms with Gasteiger partial charge in [-0.05, 0) is 0 Å². The van der Waals surface area contributed by atoms with Crippen LogP contribution in [-0.4, -0.2) is 15.5 Å². The zero-order valence-electron chi connectivity index (χ0n) is 7.75. The van der Waals surface area contributed by atoms with Crippen LogP contribution >= 0.6 is 0 Å². The Morgan fingerprint density at radius 3 is 2.25 bits per heavy atom. The zero-order chi connectivity index (χ0) is 9.46. The van der Waals surface area contributed by atoms with E-state index in [0.717, 1.165) is 5.82 Å². The van der Waals surface area contributed by atoms with Gasteiger partial charge in [0.15, 0.2) is 0 Å². The lowest BCUT2D eigenvalue weighted by Crippen LogP contribution is -2.30. The molecule has 0 aromatic carbocycles. The molecule has 0 amide bonds. The summed E-state index contributed by atoms with van der Waals surface area (Å²) in [5.74, 6) is 0.749. The number of hydrogen-bond acceptors (Lipinski definition) is 2. The molecular weight excluding hydrogens is 156 g/mol. The smallest absolute Gasteiger partial charge is 0.333 e. The van der Waals surface area contributed by atoms with Crippen molar-refractivity contribution in [3.63, 3.8) is 0 Å². The summed E-state index contributed by atoms with van der Waals surface area (Å²) >= 11 is 0. The van der Waals surface area contributed by atoms with Crippen LogP contribution < -0.4 is 4.57 Å². The lowest BCUT2D eigenvalue weighted by atomic mass is 10.3. The maximum absolute atomic E-state index is 11.1. The molecule has 12 heavy (non-hydrogen) atoms. The molecule has 0 bridgehead atoms. The number of nitrogens with zero attached hydrogens (tertiary/aromatic N) is 2. The van der Waals surface area contributed by atoms with Gasteiger partial charge in [0, 0.05) is 13.8 Å². The van der Waals surface area contributed by atoms with Crippen LogP contribution in [0.25, 0.3) is 0 Å². The Morgan fingerprint density at radius 1 is 1.58 bits per heavy atom. The Balaban J connectivity index is 3.48. The summed E-state index contributed by atoms with van der Waals surface area (Å²) < 4.78 is 3.26. The first kappa shape index (κ1) is 8.77. The number of imidazole rings is 1. The summed E-state index contributed by atoms with van der Waals surface area (Å²) in [6.07, 6.45) is 0. The molecule has 1 aromatic heterocycles. The van der Waals surface area contributed by atoms with Crippen LogP contribution in [0.3, 0.4) is 0 Å². The van der Waals surface area contributed by atoms with Crippen LogP contribution in [0.15, 0.2) is 0 Å². The molecular formula is C8H13N2O2+. The van der Waals surface area contributed by atoms with Gasteiger partial charge >= 0.3 is 5.88 Å². The van der Waals surface area contributed by atoms with Crippen molar-refractivity contribution in [2.75, 3.05) is 0 Å². The SMILES string of the molecule is CC(=O)c1c(O)[n+](C)c(C)n1C. The first-order valence-electron chi connectivity index (χ1n) is 3.72. The van der Waals surface area contributed by atoms with E-state index in [4.69, 9.17) is 0 Å². The van der Waals surface area contributed by atoms with Crippen molar-refractivity contribution in [3.8, 4) is 5.88 Å². The minimum Gasteiger partial charge on any atom is -0.475 e. The molecule has 0 saturated heterocycles. The summed E-state index contributed by atoms with van der Waals surface area (Å²) in [6.45, 7) is 3.28. The lowest BCUT2D eigenvalue weighted by molar-refractivity contribution is -0.683. The van der Waals surface area contributed by atoms with E-state index in [9.17, 15) is 9.90 Å². The number of carbonyl (C=O) groups is 1. The van der Waals surface area contributed by atoms with E-state index in [1.54, 1.807) is 23.2 Å². The Morgan fingerprint density at radius 2 is 2.08 bits per heavy atom. The van der Waals surface area contributed by atoms with Gasteiger partial charge in [0.1, 0.15) is 0 Å². The molecule has 4 nitrogen and oxygen atoms in total. The van der Waals surface area contributed by atoms with Crippen molar-refractivity contribution in [2.24, 2.45) is 14.1 Å². The van der Waals surface area contributed by atoms with E-state index in [-0.39, 0.29) is 11.7 Å². The fourth-order valence-electron chi connectivity index (χ4n) is 1.24. The molecule has 0 unspecified atom stereocenters. The van der Waals surface area contributed by atoms with E-state index in [1.807, 2.05) is 6.92 Å². The van der Waals surface area contributed by atoms with Crippen molar-refractivity contribution in [3.05, 3.63) is 11.5 Å². The summed E-state index contributed by atoms with van der Waals surface area (Å²) in [4.78, 5) is 11.1. The van der Waals surface area contributed by atoms with Crippen molar-refractivity contribution < 1.29 is 14.5 Å². The van der Waals surface area contributed by atoms with E-state index in [2.05, 4.69) is 0 Å². The molecule has 0 aliphatic heterocycles. The van der Waals surface area contributed by atoms with Crippen LogP contribution in [0, 0.1) is 6.92 Å². The number of ketones is 1. The normalized spacial score (nSPS) is 10.3. The van der Waals surface area contributed by atoms with E-state index in [0.29, 0.717) is 5.69 Å². The van der Waals surface area contributed by atoms with Gasteiger partial charge in [0.2, 0.25) is 5.78 Å². The van der Waals surface area contributed by atoms with Crippen molar-refractivity contribution >= 4 is 5.78 Å².